The zero-order valence-electron chi connectivity index (χ0n) is 12.6. The van der Waals surface area contributed by atoms with Crippen molar-refractivity contribution in [2.75, 3.05) is 33.4 Å². The fraction of sp³-hybridized carbons (Fsp3) is 0.938. The molecule has 1 saturated carbocycles. The van der Waals surface area contributed by atoms with Crippen LogP contribution in [0.25, 0.3) is 0 Å². The monoisotopic (exact) mass is 281 g/mol. The van der Waals surface area contributed by atoms with Gasteiger partial charge in [-0.15, -0.1) is 0 Å². The van der Waals surface area contributed by atoms with Gasteiger partial charge in [0.05, 0.1) is 13.1 Å². The van der Waals surface area contributed by atoms with Crippen molar-refractivity contribution in [3.63, 3.8) is 0 Å². The van der Waals surface area contributed by atoms with Gasteiger partial charge in [-0.25, -0.2) is 0 Å². The van der Waals surface area contributed by atoms with E-state index in [2.05, 4.69) is 0 Å². The van der Waals surface area contributed by atoms with Gasteiger partial charge in [0, 0.05) is 26.7 Å². The van der Waals surface area contributed by atoms with Crippen molar-refractivity contribution in [2.45, 2.75) is 50.5 Å². The van der Waals surface area contributed by atoms with Gasteiger partial charge in [0.1, 0.15) is 5.60 Å². The second-order valence-corrected chi connectivity index (χ2v) is 6.78. The topological polar surface area (TPSA) is 38.8 Å². The van der Waals surface area contributed by atoms with Crippen molar-refractivity contribution in [3.8, 4) is 0 Å². The molecule has 0 unspecified atom stereocenters. The minimum absolute atomic E-state index is 0.0378. The number of rotatable bonds is 5. The highest BCUT2D eigenvalue weighted by molar-refractivity contribution is 5.77. The first-order chi connectivity index (χ1) is 9.73. The van der Waals surface area contributed by atoms with Crippen LogP contribution in [0.5, 0.6) is 0 Å². The normalized spacial score (nSPS) is 29.1. The number of methoxy groups -OCH3 is 1. The quantitative estimate of drug-likeness (QED) is 0.775. The van der Waals surface area contributed by atoms with E-state index < -0.39 is 0 Å². The molecule has 0 bridgehead atoms. The van der Waals surface area contributed by atoms with Crippen molar-refractivity contribution >= 4 is 5.91 Å². The SMILES string of the molecule is COCC[C@@H]1CCOC12CN(C(=O)CC1CCCC1)C2. The van der Waals surface area contributed by atoms with Gasteiger partial charge in [-0.1, -0.05) is 12.8 Å². The van der Waals surface area contributed by atoms with Crippen molar-refractivity contribution < 1.29 is 14.3 Å². The predicted molar refractivity (Wildman–Crippen MR) is 76.4 cm³/mol. The number of carbonyl (C=O) groups is 1. The number of amides is 1. The molecule has 0 aromatic carbocycles. The van der Waals surface area contributed by atoms with Crippen LogP contribution >= 0.6 is 0 Å². The average Bonchev–Trinajstić information content (AvgIpc) is 3.02. The molecule has 0 radical (unpaired) electrons. The van der Waals surface area contributed by atoms with Crippen LogP contribution in [0.1, 0.15) is 44.9 Å². The Hall–Kier alpha value is -0.610. The molecule has 20 heavy (non-hydrogen) atoms. The van der Waals surface area contributed by atoms with Gasteiger partial charge in [-0.05, 0) is 37.5 Å². The lowest BCUT2D eigenvalue weighted by molar-refractivity contribution is -0.166. The molecule has 0 aromatic rings. The Morgan fingerprint density at radius 1 is 1.30 bits per heavy atom. The number of hydrogen-bond acceptors (Lipinski definition) is 3. The number of ether oxygens (including phenoxy) is 2. The molecule has 0 aromatic heterocycles. The number of likely N-dealkylation sites (tertiary alicyclic amines) is 1. The Labute approximate surface area is 121 Å². The summed E-state index contributed by atoms with van der Waals surface area (Å²) in [5, 5.41) is 0. The minimum Gasteiger partial charge on any atom is -0.385 e. The summed E-state index contributed by atoms with van der Waals surface area (Å²) in [6.07, 6.45) is 8.05. The molecular formula is C16H27NO3. The smallest absolute Gasteiger partial charge is 0.223 e. The van der Waals surface area contributed by atoms with Crippen LogP contribution in [0, 0.1) is 11.8 Å². The first-order valence-corrected chi connectivity index (χ1v) is 8.14. The molecule has 3 rings (SSSR count). The van der Waals surface area contributed by atoms with Gasteiger partial charge in [0.2, 0.25) is 5.91 Å². The summed E-state index contributed by atoms with van der Waals surface area (Å²) in [7, 11) is 1.75. The first-order valence-electron chi connectivity index (χ1n) is 8.14. The molecule has 4 nitrogen and oxygen atoms in total. The molecule has 2 aliphatic heterocycles. The van der Waals surface area contributed by atoms with E-state index in [9.17, 15) is 4.79 Å². The largest absolute Gasteiger partial charge is 0.385 e. The van der Waals surface area contributed by atoms with E-state index in [1.54, 1.807) is 7.11 Å². The highest BCUT2D eigenvalue weighted by Gasteiger charge is 2.54. The van der Waals surface area contributed by atoms with Crippen LogP contribution in [0.15, 0.2) is 0 Å². The molecule has 1 amide bonds. The van der Waals surface area contributed by atoms with Gasteiger partial charge in [-0.2, -0.15) is 0 Å². The van der Waals surface area contributed by atoms with Gasteiger partial charge in [0.25, 0.3) is 0 Å². The zero-order chi connectivity index (χ0) is 14.0. The number of carbonyl (C=O) groups excluding carboxylic acids is 1. The molecule has 1 spiro atoms. The molecule has 114 valence electrons. The number of nitrogens with zero attached hydrogens (tertiary/aromatic N) is 1. The molecule has 4 heteroatoms. The molecule has 3 aliphatic rings. The van der Waals surface area contributed by atoms with Crippen LogP contribution < -0.4 is 0 Å². The first kappa shape index (κ1) is 14.3. The fourth-order valence-electron chi connectivity index (χ4n) is 4.17. The van der Waals surface area contributed by atoms with Crippen LogP contribution in [0.4, 0.5) is 0 Å². The van der Waals surface area contributed by atoms with E-state index in [0.29, 0.717) is 17.7 Å². The summed E-state index contributed by atoms with van der Waals surface area (Å²) >= 11 is 0. The fourth-order valence-corrected chi connectivity index (χ4v) is 4.17. The Morgan fingerprint density at radius 2 is 2.05 bits per heavy atom. The molecular weight excluding hydrogens is 254 g/mol. The van der Waals surface area contributed by atoms with Crippen LogP contribution in [-0.4, -0.2) is 49.8 Å². The average molecular weight is 281 g/mol. The van der Waals surface area contributed by atoms with E-state index >= 15 is 0 Å². The lowest BCUT2D eigenvalue weighted by Gasteiger charge is -2.50. The lowest BCUT2D eigenvalue weighted by atomic mass is 9.78. The molecule has 1 atom stereocenters. The third kappa shape index (κ3) is 2.73. The van der Waals surface area contributed by atoms with Crippen molar-refractivity contribution in [1.29, 1.82) is 0 Å². The van der Waals surface area contributed by atoms with Crippen LogP contribution in [-0.2, 0) is 14.3 Å². The van der Waals surface area contributed by atoms with Gasteiger partial charge >= 0.3 is 0 Å². The van der Waals surface area contributed by atoms with E-state index in [1.165, 1.54) is 25.7 Å². The van der Waals surface area contributed by atoms with E-state index in [0.717, 1.165) is 45.6 Å². The maximum absolute atomic E-state index is 12.3. The molecule has 1 aliphatic carbocycles. The van der Waals surface area contributed by atoms with Crippen LogP contribution in [0.3, 0.4) is 0 Å². The second kappa shape index (κ2) is 6.02. The standard InChI is InChI=1S/C16H27NO3/c1-19-8-6-14-7-9-20-16(14)11-17(12-16)15(18)10-13-4-2-3-5-13/h13-14H,2-12H2,1H3/t14-/m1/s1. The van der Waals surface area contributed by atoms with E-state index in [4.69, 9.17) is 9.47 Å². The lowest BCUT2D eigenvalue weighted by Crippen LogP contribution is -2.66. The molecule has 0 N–H and O–H groups in total. The summed E-state index contributed by atoms with van der Waals surface area (Å²) in [6.45, 7) is 3.27. The maximum Gasteiger partial charge on any atom is 0.223 e. The summed E-state index contributed by atoms with van der Waals surface area (Å²) in [6, 6.07) is 0. The van der Waals surface area contributed by atoms with Gasteiger partial charge in [0.15, 0.2) is 0 Å². The predicted octanol–water partition coefficient (Wildman–Crippen LogP) is 2.22. The van der Waals surface area contributed by atoms with Gasteiger partial charge < -0.3 is 14.4 Å². The third-order valence-corrected chi connectivity index (χ3v) is 5.48. The summed E-state index contributed by atoms with van der Waals surface area (Å²) < 4.78 is 11.2. The molecule has 2 saturated heterocycles. The van der Waals surface area contributed by atoms with Crippen molar-refractivity contribution in [1.82, 2.24) is 4.90 Å². The van der Waals surface area contributed by atoms with E-state index in [-0.39, 0.29) is 5.60 Å². The van der Waals surface area contributed by atoms with Crippen molar-refractivity contribution in [3.05, 3.63) is 0 Å². The Bertz CT molecular complexity index is 346. The highest BCUT2D eigenvalue weighted by atomic mass is 16.5. The maximum atomic E-state index is 12.3. The van der Waals surface area contributed by atoms with Crippen molar-refractivity contribution in [2.24, 2.45) is 11.8 Å². The van der Waals surface area contributed by atoms with E-state index in [1.807, 2.05) is 4.90 Å². The summed E-state index contributed by atoms with van der Waals surface area (Å²) in [5.41, 5.74) is -0.0378. The third-order valence-electron chi connectivity index (χ3n) is 5.48. The number of hydrogen-bond donors (Lipinski definition) is 0. The minimum atomic E-state index is -0.0378. The summed E-state index contributed by atoms with van der Waals surface area (Å²) in [5.74, 6) is 1.56. The molecule has 2 heterocycles. The summed E-state index contributed by atoms with van der Waals surface area (Å²) in [4.78, 5) is 14.3. The Morgan fingerprint density at radius 3 is 2.75 bits per heavy atom. The second-order valence-electron chi connectivity index (χ2n) is 6.78. The zero-order valence-corrected chi connectivity index (χ0v) is 12.6. The van der Waals surface area contributed by atoms with Crippen LogP contribution in [0.2, 0.25) is 0 Å². The molecule has 3 fully saturated rings. The Kier molecular flexibility index (Phi) is 4.32. The van der Waals surface area contributed by atoms with Gasteiger partial charge in [-0.3, -0.25) is 4.79 Å². The highest BCUT2D eigenvalue weighted by Crippen LogP contribution is 2.42. The Balaban J connectivity index is 1.47.